The molecule has 1 aliphatic rings. The summed E-state index contributed by atoms with van der Waals surface area (Å²) in [4.78, 5) is 4.32. The van der Waals surface area contributed by atoms with E-state index in [1.807, 2.05) is 12.3 Å². The Morgan fingerprint density at radius 3 is 2.88 bits per heavy atom. The molecular formula is C13H20N2O. The van der Waals surface area contributed by atoms with E-state index >= 15 is 0 Å². The molecule has 16 heavy (non-hydrogen) atoms. The van der Waals surface area contributed by atoms with Crippen LogP contribution in [-0.2, 0) is 6.54 Å². The molecule has 0 bridgehead atoms. The summed E-state index contributed by atoms with van der Waals surface area (Å²) in [5, 5.41) is 3.35. The highest BCUT2D eigenvalue weighted by atomic mass is 16.5. The first kappa shape index (κ1) is 11.4. The van der Waals surface area contributed by atoms with Gasteiger partial charge in [-0.2, -0.15) is 0 Å². The van der Waals surface area contributed by atoms with Gasteiger partial charge in [-0.1, -0.05) is 13.0 Å². The Morgan fingerprint density at radius 2 is 2.31 bits per heavy atom. The van der Waals surface area contributed by atoms with Crippen LogP contribution in [0.25, 0.3) is 0 Å². The van der Waals surface area contributed by atoms with Gasteiger partial charge in [0, 0.05) is 18.8 Å². The predicted molar refractivity (Wildman–Crippen MR) is 64.5 cm³/mol. The van der Waals surface area contributed by atoms with E-state index in [1.165, 1.54) is 24.8 Å². The largest absolute Gasteiger partial charge is 0.474 e. The Bertz CT molecular complexity index is 306. The molecule has 1 heterocycles. The molecule has 0 amide bonds. The zero-order valence-electron chi connectivity index (χ0n) is 9.91. The average Bonchev–Trinajstić information content (AvgIpc) is 2.26. The van der Waals surface area contributed by atoms with Gasteiger partial charge in [-0.25, -0.2) is 4.98 Å². The Morgan fingerprint density at radius 1 is 1.44 bits per heavy atom. The van der Waals surface area contributed by atoms with Crippen molar-refractivity contribution in [3.63, 3.8) is 0 Å². The lowest BCUT2D eigenvalue weighted by Gasteiger charge is -2.25. The summed E-state index contributed by atoms with van der Waals surface area (Å²) in [5.41, 5.74) is 1.22. The van der Waals surface area contributed by atoms with Crippen LogP contribution < -0.4 is 10.1 Å². The number of pyridine rings is 1. The maximum absolute atomic E-state index is 5.70. The smallest absolute Gasteiger partial charge is 0.213 e. The molecule has 1 aromatic rings. The van der Waals surface area contributed by atoms with Crippen molar-refractivity contribution in [2.75, 3.05) is 6.54 Å². The van der Waals surface area contributed by atoms with Crippen molar-refractivity contribution in [3.8, 4) is 5.88 Å². The summed E-state index contributed by atoms with van der Waals surface area (Å²) in [6.45, 7) is 4.12. The van der Waals surface area contributed by atoms with Gasteiger partial charge in [-0.05, 0) is 37.8 Å². The van der Waals surface area contributed by atoms with Crippen LogP contribution in [0.5, 0.6) is 5.88 Å². The van der Waals surface area contributed by atoms with Crippen LogP contribution in [0.3, 0.4) is 0 Å². The van der Waals surface area contributed by atoms with Gasteiger partial charge in [0.1, 0.15) is 6.10 Å². The zero-order chi connectivity index (χ0) is 11.2. The Balaban J connectivity index is 1.78. The van der Waals surface area contributed by atoms with Gasteiger partial charge in [-0.15, -0.1) is 0 Å². The second-order valence-corrected chi connectivity index (χ2v) is 4.35. The van der Waals surface area contributed by atoms with Crippen LogP contribution >= 0.6 is 0 Å². The first-order chi connectivity index (χ1) is 7.88. The third kappa shape index (κ3) is 3.20. The van der Waals surface area contributed by atoms with Gasteiger partial charge in [0.15, 0.2) is 0 Å². The highest BCUT2D eigenvalue weighted by Gasteiger charge is 2.19. The molecule has 1 saturated carbocycles. The maximum atomic E-state index is 5.70. The van der Waals surface area contributed by atoms with Crippen molar-refractivity contribution in [3.05, 3.63) is 23.9 Å². The van der Waals surface area contributed by atoms with Crippen molar-refractivity contribution in [1.82, 2.24) is 10.3 Å². The fourth-order valence-corrected chi connectivity index (χ4v) is 1.65. The number of aromatic nitrogens is 1. The Labute approximate surface area is 97.2 Å². The highest BCUT2D eigenvalue weighted by Crippen LogP contribution is 2.23. The number of nitrogens with one attached hydrogen (secondary N) is 1. The van der Waals surface area contributed by atoms with Crippen LogP contribution in [0.1, 0.15) is 38.2 Å². The highest BCUT2D eigenvalue weighted by molar-refractivity contribution is 5.18. The van der Waals surface area contributed by atoms with Gasteiger partial charge in [-0.3, -0.25) is 0 Å². The average molecular weight is 220 g/mol. The molecule has 0 aliphatic heterocycles. The number of hydrogen-bond acceptors (Lipinski definition) is 3. The third-order valence-electron chi connectivity index (χ3n) is 2.89. The summed E-state index contributed by atoms with van der Waals surface area (Å²) in [7, 11) is 0. The topological polar surface area (TPSA) is 34.1 Å². The molecular weight excluding hydrogens is 200 g/mol. The minimum Gasteiger partial charge on any atom is -0.474 e. The van der Waals surface area contributed by atoms with Crippen molar-refractivity contribution in [2.45, 2.75) is 45.3 Å². The van der Waals surface area contributed by atoms with E-state index in [2.05, 4.69) is 23.3 Å². The number of nitrogens with zero attached hydrogens (tertiary/aromatic N) is 1. The van der Waals surface area contributed by atoms with Crippen molar-refractivity contribution in [2.24, 2.45) is 0 Å². The van der Waals surface area contributed by atoms with E-state index in [4.69, 9.17) is 4.74 Å². The molecule has 0 spiro atoms. The van der Waals surface area contributed by atoms with Crippen molar-refractivity contribution < 1.29 is 4.74 Å². The van der Waals surface area contributed by atoms with Gasteiger partial charge < -0.3 is 10.1 Å². The van der Waals surface area contributed by atoms with Gasteiger partial charge in [0.25, 0.3) is 0 Å². The first-order valence-corrected chi connectivity index (χ1v) is 6.21. The molecule has 1 fully saturated rings. The van der Waals surface area contributed by atoms with E-state index < -0.39 is 0 Å². The number of hydrogen-bond donors (Lipinski definition) is 1. The SMILES string of the molecule is CCCNCc1ccc(OC2CCC2)nc1. The van der Waals surface area contributed by atoms with E-state index in [0.29, 0.717) is 6.10 Å². The van der Waals surface area contributed by atoms with Gasteiger partial charge in [0.05, 0.1) is 0 Å². The molecule has 1 aliphatic carbocycles. The van der Waals surface area contributed by atoms with Crippen molar-refractivity contribution >= 4 is 0 Å². The van der Waals surface area contributed by atoms with E-state index in [-0.39, 0.29) is 0 Å². The standard InChI is InChI=1S/C13H20N2O/c1-2-8-14-9-11-6-7-13(15-10-11)16-12-4-3-5-12/h6-7,10,12,14H,2-5,8-9H2,1H3. The van der Waals surface area contributed by atoms with Gasteiger partial charge >= 0.3 is 0 Å². The molecule has 88 valence electrons. The Hall–Kier alpha value is -1.09. The lowest BCUT2D eigenvalue weighted by atomic mass is 9.96. The minimum absolute atomic E-state index is 0.413. The maximum Gasteiger partial charge on any atom is 0.213 e. The number of rotatable bonds is 6. The lowest BCUT2D eigenvalue weighted by Crippen LogP contribution is -2.25. The summed E-state index contributed by atoms with van der Waals surface area (Å²) in [6, 6.07) is 4.06. The van der Waals surface area contributed by atoms with Crippen LogP contribution in [0, 0.1) is 0 Å². The second-order valence-electron chi connectivity index (χ2n) is 4.35. The third-order valence-corrected chi connectivity index (χ3v) is 2.89. The van der Waals surface area contributed by atoms with Crippen LogP contribution in [-0.4, -0.2) is 17.6 Å². The summed E-state index contributed by atoms with van der Waals surface area (Å²) >= 11 is 0. The van der Waals surface area contributed by atoms with Crippen molar-refractivity contribution in [1.29, 1.82) is 0 Å². The summed E-state index contributed by atoms with van der Waals surface area (Å²) in [5.74, 6) is 0.768. The molecule has 3 nitrogen and oxygen atoms in total. The molecule has 1 aromatic heterocycles. The van der Waals surface area contributed by atoms with Crippen LogP contribution in [0.2, 0.25) is 0 Å². The molecule has 2 rings (SSSR count). The molecule has 3 heteroatoms. The van der Waals surface area contributed by atoms with Gasteiger partial charge in [0.2, 0.25) is 5.88 Å². The van der Waals surface area contributed by atoms with Crippen LogP contribution in [0.4, 0.5) is 0 Å². The molecule has 0 saturated heterocycles. The van der Waals surface area contributed by atoms with E-state index in [1.54, 1.807) is 0 Å². The molecule has 0 atom stereocenters. The molecule has 0 aromatic carbocycles. The number of ether oxygens (including phenoxy) is 1. The summed E-state index contributed by atoms with van der Waals surface area (Å²) in [6.07, 6.45) is 7.14. The minimum atomic E-state index is 0.413. The lowest BCUT2D eigenvalue weighted by molar-refractivity contribution is 0.114. The fraction of sp³-hybridized carbons (Fsp3) is 0.615. The fourth-order valence-electron chi connectivity index (χ4n) is 1.65. The monoisotopic (exact) mass is 220 g/mol. The van der Waals surface area contributed by atoms with Crippen LogP contribution in [0.15, 0.2) is 18.3 Å². The van der Waals surface area contributed by atoms with E-state index in [9.17, 15) is 0 Å². The first-order valence-electron chi connectivity index (χ1n) is 6.21. The van der Waals surface area contributed by atoms with E-state index in [0.717, 1.165) is 25.4 Å². The zero-order valence-corrected chi connectivity index (χ0v) is 9.91. The molecule has 0 radical (unpaired) electrons. The Kier molecular flexibility index (Phi) is 4.17. The normalized spacial score (nSPS) is 15.8. The molecule has 1 N–H and O–H groups in total. The summed E-state index contributed by atoms with van der Waals surface area (Å²) < 4.78 is 5.70. The predicted octanol–water partition coefficient (Wildman–Crippen LogP) is 2.51. The second kappa shape index (κ2) is 5.85. The quantitative estimate of drug-likeness (QED) is 0.748. The molecule has 0 unspecified atom stereocenters.